The second kappa shape index (κ2) is 54.9. The first-order valence-corrected chi connectivity index (χ1v) is 40.2. The summed E-state index contributed by atoms with van der Waals surface area (Å²) < 4.78 is 105. The number of aliphatic imine (C=N–C) groups is 2. The topological polar surface area (TPSA) is 888 Å². The fourth-order valence-electron chi connectivity index (χ4n) is 11.0. The summed E-state index contributed by atoms with van der Waals surface area (Å²) in [6.07, 6.45) is -17.1. The molecule has 10 aliphatic rings. The van der Waals surface area contributed by atoms with Gasteiger partial charge in [0.2, 0.25) is 47.1 Å². The molecule has 8 unspecified atom stereocenters. The summed E-state index contributed by atoms with van der Waals surface area (Å²) in [5.41, 5.74) is 0. The second-order valence-corrected chi connectivity index (χ2v) is 29.6. The van der Waals surface area contributed by atoms with E-state index in [1.165, 1.54) is 12.2 Å². The summed E-state index contributed by atoms with van der Waals surface area (Å²) in [6.45, 7) is 8.13. The molecule has 10 heterocycles. The molecule has 0 aromatic heterocycles. The number of rotatable bonds is 39. The van der Waals surface area contributed by atoms with E-state index >= 15 is 0 Å². The quantitative estimate of drug-likeness (QED) is 0.0101. The lowest BCUT2D eigenvalue weighted by atomic mass is 10.1. The first-order chi connectivity index (χ1) is 65.0. The van der Waals surface area contributed by atoms with Gasteiger partial charge in [0.1, 0.15) is 31.0 Å². The van der Waals surface area contributed by atoms with E-state index < -0.39 is 358 Å². The van der Waals surface area contributed by atoms with Crippen molar-refractivity contribution in [1.82, 2.24) is 0 Å². The van der Waals surface area contributed by atoms with Gasteiger partial charge in [-0.25, -0.2) is 43.5 Å². The van der Waals surface area contributed by atoms with Gasteiger partial charge in [-0.3, -0.25) is 86.3 Å². The molecular weight excluding hydrogens is 1900 g/mol. The molecule has 60 heteroatoms. The highest BCUT2D eigenvalue weighted by atomic mass is 16.8. The van der Waals surface area contributed by atoms with Gasteiger partial charge in [-0.1, -0.05) is 0 Å². The number of nitrogens with zero attached hydrogens (tertiary/aromatic N) is 2. The zero-order valence-corrected chi connectivity index (χ0v) is 73.5. The van der Waals surface area contributed by atoms with Crippen molar-refractivity contribution in [3.8, 4) is 0 Å². The van der Waals surface area contributed by atoms with Gasteiger partial charge in [-0.15, -0.1) is 0 Å². The maximum atomic E-state index is 12.5. The first-order valence-electron chi connectivity index (χ1n) is 40.2. The van der Waals surface area contributed by atoms with Gasteiger partial charge in [0.25, 0.3) is 17.3 Å². The number of cyclic esters (lactones) is 9. The van der Waals surface area contributed by atoms with Gasteiger partial charge in [0.05, 0.1) is 155 Å². The van der Waals surface area contributed by atoms with Crippen LogP contribution in [0.25, 0.3) is 0 Å². The van der Waals surface area contributed by atoms with Crippen LogP contribution in [0.1, 0.15) is 157 Å². The number of ether oxygens (including phenoxy) is 21. The molecule has 10 atom stereocenters. The van der Waals surface area contributed by atoms with Crippen molar-refractivity contribution < 1.29 is 281 Å². The third-order valence-electron chi connectivity index (χ3n) is 17.3. The molecule has 764 valence electrons. The van der Waals surface area contributed by atoms with E-state index in [1.54, 1.807) is 41.5 Å². The molecule has 0 radical (unpaired) electrons. The highest BCUT2D eigenvalue weighted by Gasteiger charge is 2.53. The molecule has 10 rings (SSSR count). The Morgan fingerprint density at radius 3 is 0.957 bits per heavy atom. The Kier molecular flexibility index (Phi) is 45.8. The zero-order valence-electron chi connectivity index (χ0n) is 73.5. The zero-order chi connectivity index (χ0) is 105. The van der Waals surface area contributed by atoms with Crippen molar-refractivity contribution >= 4 is 149 Å². The maximum absolute atomic E-state index is 12.5. The van der Waals surface area contributed by atoms with Crippen LogP contribution >= 0.6 is 0 Å². The van der Waals surface area contributed by atoms with E-state index in [2.05, 4.69) is 24.2 Å². The smallest absolute Gasteiger partial charge is 0.379 e. The molecular formula is C79H90N2O58. The average molecular weight is 2000 g/mol. The predicted molar refractivity (Wildman–Crippen MR) is 417 cm³/mol. The van der Waals surface area contributed by atoms with Gasteiger partial charge in [-0.2, -0.15) is 0 Å². The lowest BCUT2D eigenvalue weighted by Crippen LogP contribution is -2.39. The Balaban J connectivity index is 0.000000363. The minimum atomic E-state index is -1.97. The second-order valence-electron chi connectivity index (χ2n) is 29.6. The molecule has 0 aromatic carbocycles. The molecule has 5 fully saturated rings. The van der Waals surface area contributed by atoms with Gasteiger partial charge in [0.15, 0.2) is 59.4 Å². The number of carboxylic acids is 6. The number of isocyanates is 2. The number of hydrogen-bond acceptors (Lipinski definition) is 54. The SMILES string of the molecule is CC1(C)OCC(C2OC(=O)C(O)=C2O)O1.CC1(C)OCC(C2OC(=O)C(OC(=O)CCC(=O)O)=C2OC(=O)CCC(=O)O)O1.CC1(C)OCC(C2OC(=O)C(OC(=O)CCN=C=O)=C2OC(=O)CCN=C=O)O1.O=C(O)CCC(=O)OC[C@H](OC(=O)CCC(=O)O)C1OC(=O)C(OC(=O)CCC(=O)O)=C1OC(=O)CCC(=O)O.O=C1CCC(=O)O1.O=C1CCC(=O)O1.O=C1OC([C@@H](O)CO)C(O)=C1O. The van der Waals surface area contributed by atoms with E-state index in [0.717, 1.165) is 0 Å². The standard InChI is InChI=1S/C22H24O18.C17H18N2O10.C17H20O12.C9H12O6.C6H8O6.2C4H4O3/c23-11(24)1-5-15(31)36-9-10(37-16(32)6-2-12(25)26)19-20(38-17(33)7-3-13(27)28)21(22(35)40-19)39-18(34)8-4-14(29)30;1-17(2)25-7-10(29-17)13-14(26-11(22)3-5-18-8-20)15(16(24)28-13)27-12(23)4-6-19-9-21;1-17(2)25-7-8(29-17)13-14(26-11(22)5-3-9(18)19)15(16(24)28-13)27-12(23)6-4-10(20)21;1-9(2)13-3-4(15-9)7-5(10)6(11)8(12)14-7;7-1-2(8)5-3(9)4(10)6(11)12-5;2*5-3-1-2-4(6)7-3/h10,19H,1-9H2,(H,23,24)(H,25,26)(H,27,28)(H,29,30);10,13H,3-7H2,1-2H3;8,13H,3-7H2,1-2H3,(H,18,19)(H,20,21);4,7,10-11H,3H2,1-2H3;2,5,7-10H,1H2;2*1-2H2/t10-,19?;;;;2-,5?;;/m0...0../s1. The van der Waals surface area contributed by atoms with Crippen LogP contribution in [0.2, 0.25) is 0 Å². The van der Waals surface area contributed by atoms with Gasteiger partial charge in [-0.05, 0) is 41.5 Å². The maximum Gasteiger partial charge on any atom is 0.379 e. The largest absolute Gasteiger partial charge is 0.505 e. The Morgan fingerprint density at radius 1 is 0.367 bits per heavy atom. The van der Waals surface area contributed by atoms with Crippen molar-refractivity contribution in [2.24, 2.45) is 9.98 Å². The van der Waals surface area contributed by atoms with Gasteiger partial charge >= 0.3 is 137 Å². The number of esters is 17. The monoisotopic (exact) mass is 1990 g/mol. The minimum Gasteiger partial charge on any atom is -0.505 e. The Bertz CT molecular complexity index is 4820. The third kappa shape index (κ3) is 40.2. The lowest BCUT2D eigenvalue weighted by molar-refractivity contribution is -0.173. The Morgan fingerprint density at radius 2 is 0.655 bits per heavy atom. The summed E-state index contributed by atoms with van der Waals surface area (Å²) in [5.74, 6) is -33.8. The van der Waals surface area contributed by atoms with Crippen molar-refractivity contribution in [3.05, 3.63) is 57.6 Å². The Labute approximate surface area is 776 Å². The Hall–Kier alpha value is -15.4. The minimum absolute atomic E-state index is 0.0245. The molecule has 0 spiro atoms. The predicted octanol–water partition coefficient (Wildman–Crippen LogP) is -2.29. The molecule has 10 aliphatic heterocycles. The van der Waals surface area contributed by atoms with Gasteiger partial charge in [0, 0.05) is 0 Å². The molecule has 5 saturated heterocycles. The summed E-state index contributed by atoms with van der Waals surface area (Å²) in [7, 11) is 0. The summed E-state index contributed by atoms with van der Waals surface area (Å²) in [5, 5.41) is 106. The molecule has 0 aliphatic carbocycles. The number of carbonyl (C=O) groups excluding carboxylic acids is 19. The summed E-state index contributed by atoms with van der Waals surface area (Å²) in [6, 6.07) is 0. The number of aliphatic hydroxyl groups is 6. The number of carbonyl (C=O) groups is 23. The molecule has 12 N–H and O–H groups in total. The molecule has 60 nitrogen and oxygen atoms in total. The molecule has 139 heavy (non-hydrogen) atoms. The van der Waals surface area contributed by atoms with Crippen LogP contribution in [0, 0.1) is 0 Å². The van der Waals surface area contributed by atoms with Crippen LogP contribution in [0.15, 0.2) is 67.6 Å². The first kappa shape index (κ1) is 116. The normalized spacial score (nSPS) is 21.7. The fourth-order valence-corrected chi connectivity index (χ4v) is 11.0. The number of carboxylic acid groups (broad SMARTS) is 6. The van der Waals surface area contributed by atoms with Crippen LogP contribution in [-0.4, -0.2) is 335 Å². The van der Waals surface area contributed by atoms with Gasteiger partial charge < -0.3 is 161 Å². The molecule has 0 aromatic rings. The van der Waals surface area contributed by atoms with Crippen LogP contribution in [0.4, 0.5) is 0 Å². The van der Waals surface area contributed by atoms with Crippen molar-refractivity contribution in [3.63, 3.8) is 0 Å². The lowest BCUT2D eigenvalue weighted by Gasteiger charge is -2.24. The average Bonchev–Trinajstić information content (AvgIpc) is 1.65. The van der Waals surface area contributed by atoms with E-state index in [9.17, 15) is 125 Å². The van der Waals surface area contributed by atoms with E-state index in [1.807, 2.05) is 0 Å². The van der Waals surface area contributed by atoms with Crippen molar-refractivity contribution in [2.75, 3.05) is 46.1 Å². The molecule has 0 bridgehead atoms. The van der Waals surface area contributed by atoms with E-state index in [-0.39, 0.29) is 77.2 Å². The summed E-state index contributed by atoms with van der Waals surface area (Å²) >= 11 is 0. The molecule has 0 amide bonds. The number of aliphatic carboxylic acids is 6. The number of aliphatic hydroxyl groups excluding tert-OH is 6. The third-order valence-corrected chi connectivity index (χ3v) is 17.3. The van der Waals surface area contributed by atoms with Crippen molar-refractivity contribution in [2.45, 2.75) is 236 Å². The van der Waals surface area contributed by atoms with Crippen LogP contribution < -0.4 is 0 Å². The summed E-state index contributed by atoms with van der Waals surface area (Å²) in [4.78, 5) is 285. The van der Waals surface area contributed by atoms with Crippen LogP contribution in [0.5, 0.6) is 0 Å². The highest BCUT2D eigenvalue weighted by Crippen LogP contribution is 2.39. The highest BCUT2D eigenvalue weighted by molar-refractivity contribution is 5.97. The number of hydrogen-bond donors (Lipinski definition) is 12. The fraction of sp³-hybridized carbons (Fsp3) is 0.557. The molecule has 0 saturated carbocycles. The van der Waals surface area contributed by atoms with Crippen LogP contribution in [0.3, 0.4) is 0 Å². The van der Waals surface area contributed by atoms with E-state index in [0.29, 0.717) is 0 Å². The van der Waals surface area contributed by atoms with E-state index in [4.69, 9.17) is 141 Å². The van der Waals surface area contributed by atoms with Crippen LogP contribution in [-0.2, 0) is 219 Å². The van der Waals surface area contributed by atoms with Crippen molar-refractivity contribution in [1.29, 1.82) is 0 Å².